The van der Waals surface area contributed by atoms with Gasteiger partial charge >= 0.3 is 0 Å². The minimum Gasteiger partial charge on any atom is -0.300 e. The number of rotatable bonds is 6. The fourth-order valence-electron chi connectivity index (χ4n) is 2.67. The Morgan fingerprint density at radius 1 is 1.08 bits per heavy atom. The monoisotopic (exact) mass is 393 g/mol. The second-order valence-corrected chi connectivity index (χ2v) is 10.0. The summed E-state index contributed by atoms with van der Waals surface area (Å²) < 4.78 is 50.5. The van der Waals surface area contributed by atoms with E-state index in [4.69, 9.17) is 0 Å². The molecular formula is C17H19N3O4S2. The molecule has 0 aliphatic rings. The Morgan fingerprint density at radius 2 is 1.81 bits per heavy atom. The fraction of sp³-hybridized carbons (Fsp3) is 0.294. The number of hydrogen-bond acceptors (Lipinski definition) is 6. The van der Waals surface area contributed by atoms with Crippen molar-refractivity contribution in [2.45, 2.75) is 29.8 Å². The Bertz CT molecular complexity index is 1170. The second kappa shape index (κ2) is 6.81. The Morgan fingerprint density at radius 3 is 2.50 bits per heavy atom. The van der Waals surface area contributed by atoms with E-state index >= 15 is 0 Å². The van der Waals surface area contributed by atoms with Crippen LogP contribution in [0.15, 0.2) is 52.8 Å². The van der Waals surface area contributed by atoms with E-state index < -0.39 is 19.7 Å². The molecule has 0 bridgehead atoms. The van der Waals surface area contributed by atoms with Gasteiger partial charge < -0.3 is 0 Å². The molecule has 3 aromatic rings. The Labute approximate surface area is 152 Å². The van der Waals surface area contributed by atoms with Crippen molar-refractivity contribution in [2.24, 2.45) is 0 Å². The minimum atomic E-state index is -3.58. The van der Waals surface area contributed by atoms with Gasteiger partial charge in [0.1, 0.15) is 5.82 Å². The Kier molecular flexibility index (Phi) is 4.85. The minimum absolute atomic E-state index is 0.0199. The molecule has 2 heterocycles. The van der Waals surface area contributed by atoms with Crippen LogP contribution in [0.5, 0.6) is 0 Å². The van der Waals surface area contributed by atoms with Gasteiger partial charge in [0.15, 0.2) is 9.84 Å². The average molecular weight is 393 g/mol. The number of nitrogens with zero attached hydrogens (tertiary/aromatic N) is 3. The first kappa shape index (κ1) is 18.5. The fourth-order valence-corrected chi connectivity index (χ4v) is 4.85. The zero-order chi connectivity index (χ0) is 18.9. The van der Waals surface area contributed by atoms with Crippen LogP contribution in [-0.2, 0) is 19.7 Å². The summed E-state index contributed by atoms with van der Waals surface area (Å²) in [5.74, 6) is 0.287. The maximum absolute atomic E-state index is 12.4. The van der Waals surface area contributed by atoms with Crippen molar-refractivity contribution in [1.82, 2.24) is 14.5 Å². The highest BCUT2D eigenvalue weighted by atomic mass is 32.2. The SMILES string of the molecule is CCCCS(=O)(=O)c1nccc(-n2cc(S(C)(=O)=O)c3ccccc32)n1. The maximum Gasteiger partial charge on any atom is 0.249 e. The van der Waals surface area contributed by atoms with Gasteiger partial charge in [-0.05, 0) is 18.6 Å². The summed E-state index contributed by atoms with van der Waals surface area (Å²) in [6.45, 7) is 1.91. The molecular weight excluding hydrogens is 374 g/mol. The molecule has 3 rings (SSSR count). The largest absolute Gasteiger partial charge is 0.300 e. The van der Waals surface area contributed by atoms with Gasteiger partial charge in [0, 0.05) is 24.0 Å². The van der Waals surface area contributed by atoms with Crippen LogP contribution < -0.4 is 0 Å². The zero-order valence-electron chi connectivity index (χ0n) is 14.5. The first-order valence-corrected chi connectivity index (χ1v) is 11.6. The molecule has 26 heavy (non-hydrogen) atoms. The number of aromatic nitrogens is 3. The molecule has 1 aromatic carbocycles. The molecule has 0 aliphatic heterocycles. The molecule has 0 radical (unpaired) electrons. The molecule has 0 unspecified atom stereocenters. The molecule has 0 N–H and O–H groups in total. The predicted octanol–water partition coefficient (Wildman–Crippen LogP) is 2.40. The quantitative estimate of drug-likeness (QED) is 0.596. The van der Waals surface area contributed by atoms with Gasteiger partial charge in [-0.3, -0.25) is 4.57 Å². The summed E-state index contributed by atoms with van der Waals surface area (Å²) >= 11 is 0. The lowest BCUT2D eigenvalue weighted by Crippen LogP contribution is -2.12. The standard InChI is InChI=1S/C17H19N3O4S2/c1-3-4-11-26(23,24)17-18-10-9-16(19-17)20-12-15(25(2,21)22)13-7-5-6-8-14(13)20/h5-10,12H,3-4,11H2,1-2H3. The summed E-state index contributed by atoms with van der Waals surface area (Å²) in [7, 11) is -7.03. The van der Waals surface area contributed by atoms with Crippen LogP contribution >= 0.6 is 0 Å². The summed E-state index contributed by atoms with van der Waals surface area (Å²) in [5, 5.41) is 0.311. The Balaban J connectivity index is 2.18. The molecule has 0 spiro atoms. The number of hydrogen-bond donors (Lipinski definition) is 0. The van der Waals surface area contributed by atoms with E-state index in [2.05, 4.69) is 9.97 Å². The van der Waals surface area contributed by atoms with Crippen molar-refractivity contribution in [1.29, 1.82) is 0 Å². The molecule has 9 heteroatoms. The van der Waals surface area contributed by atoms with Gasteiger partial charge in [-0.2, -0.15) is 0 Å². The van der Waals surface area contributed by atoms with Crippen molar-refractivity contribution in [3.63, 3.8) is 0 Å². The van der Waals surface area contributed by atoms with Crippen molar-refractivity contribution in [3.05, 3.63) is 42.7 Å². The molecule has 0 fully saturated rings. The van der Waals surface area contributed by atoms with Crippen molar-refractivity contribution < 1.29 is 16.8 Å². The van der Waals surface area contributed by atoms with Gasteiger partial charge in [0.25, 0.3) is 0 Å². The van der Waals surface area contributed by atoms with E-state index in [1.165, 1.54) is 12.4 Å². The number of benzene rings is 1. The van der Waals surface area contributed by atoms with E-state index in [-0.39, 0.29) is 15.8 Å². The number of unbranched alkanes of at least 4 members (excludes halogenated alkanes) is 1. The van der Waals surface area contributed by atoms with E-state index in [0.717, 1.165) is 12.7 Å². The average Bonchev–Trinajstić information content (AvgIpc) is 3.00. The van der Waals surface area contributed by atoms with Gasteiger partial charge in [-0.25, -0.2) is 26.8 Å². The maximum atomic E-state index is 12.4. The van der Waals surface area contributed by atoms with Crippen molar-refractivity contribution in [3.8, 4) is 5.82 Å². The molecule has 0 saturated carbocycles. The molecule has 0 amide bonds. The van der Waals surface area contributed by atoms with E-state index in [9.17, 15) is 16.8 Å². The molecule has 2 aromatic heterocycles. The van der Waals surface area contributed by atoms with Gasteiger partial charge in [-0.15, -0.1) is 0 Å². The highest BCUT2D eigenvalue weighted by Gasteiger charge is 2.21. The van der Waals surface area contributed by atoms with Crippen molar-refractivity contribution in [2.75, 3.05) is 12.0 Å². The number of sulfone groups is 2. The summed E-state index contributed by atoms with van der Waals surface area (Å²) in [4.78, 5) is 8.25. The van der Waals surface area contributed by atoms with Crippen LogP contribution in [-0.4, -0.2) is 43.4 Å². The van der Waals surface area contributed by atoms with Gasteiger partial charge in [0.2, 0.25) is 15.0 Å². The molecule has 7 nitrogen and oxygen atoms in total. The third kappa shape index (κ3) is 3.49. The lowest BCUT2D eigenvalue weighted by atomic mass is 10.2. The van der Waals surface area contributed by atoms with Crippen LogP contribution in [0.25, 0.3) is 16.7 Å². The molecule has 0 saturated heterocycles. The van der Waals surface area contributed by atoms with Crippen LogP contribution in [0.2, 0.25) is 0 Å². The Hall–Kier alpha value is -2.26. The first-order chi connectivity index (χ1) is 12.2. The molecule has 138 valence electrons. The zero-order valence-corrected chi connectivity index (χ0v) is 16.1. The second-order valence-electron chi connectivity index (χ2n) is 6.02. The van der Waals surface area contributed by atoms with Gasteiger partial charge in [0.05, 0.1) is 16.2 Å². The summed E-state index contributed by atoms with van der Waals surface area (Å²) in [5.41, 5.74) is 0.628. The van der Waals surface area contributed by atoms with Crippen molar-refractivity contribution >= 4 is 30.6 Å². The molecule has 0 aliphatic carbocycles. The third-order valence-corrected chi connectivity index (χ3v) is 6.69. The van der Waals surface area contributed by atoms with Crippen LogP contribution in [0, 0.1) is 0 Å². The lowest BCUT2D eigenvalue weighted by Gasteiger charge is -2.07. The third-order valence-electron chi connectivity index (χ3n) is 3.99. The predicted molar refractivity (Wildman–Crippen MR) is 98.9 cm³/mol. The van der Waals surface area contributed by atoms with Crippen LogP contribution in [0.1, 0.15) is 19.8 Å². The summed E-state index contributed by atoms with van der Waals surface area (Å²) in [6, 6.07) is 8.56. The first-order valence-electron chi connectivity index (χ1n) is 8.10. The number of fused-ring (bicyclic) bond motifs is 1. The van der Waals surface area contributed by atoms with Crippen LogP contribution in [0.4, 0.5) is 0 Å². The highest BCUT2D eigenvalue weighted by Crippen LogP contribution is 2.27. The molecule has 0 atom stereocenters. The van der Waals surface area contributed by atoms with E-state index in [1.54, 1.807) is 34.9 Å². The smallest absolute Gasteiger partial charge is 0.249 e. The number of para-hydroxylation sites is 1. The topological polar surface area (TPSA) is 99.0 Å². The van der Waals surface area contributed by atoms with Gasteiger partial charge in [-0.1, -0.05) is 31.5 Å². The summed E-state index contributed by atoms with van der Waals surface area (Å²) in [6.07, 6.45) is 5.25. The highest BCUT2D eigenvalue weighted by molar-refractivity contribution is 7.91. The van der Waals surface area contributed by atoms with Crippen LogP contribution in [0.3, 0.4) is 0 Å². The lowest BCUT2D eigenvalue weighted by molar-refractivity contribution is 0.582. The van der Waals surface area contributed by atoms with E-state index in [0.29, 0.717) is 23.1 Å². The normalized spacial score (nSPS) is 12.5. The van der Waals surface area contributed by atoms with E-state index in [1.807, 2.05) is 6.92 Å².